The fourth-order valence-electron chi connectivity index (χ4n) is 1.29. The van der Waals surface area contributed by atoms with Gasteiger partial charge in [0, 0.05) is 14.1 Å². The minimum Gasteiger partial charge on any atom is -0.351 e. The number of hydrogen-bond donors (Lipinski definition) is 3. The third-order valence-corrected chi connectivity index (χ3v) is 2.84. The lowest BCUT2D eigenvalue weighted by atomic mass is 10.6. The zero-order chi connectivity index (χ0) is 11.5. The molecular formula is C9H13N6S+. The molecule has 4 N–H and O–H groups in total. The Hall–Kier alpha value is -1.89. The largest absolute Gasteiger partial charge is 0.351 e. The van der Waals surface area contributed by atoms with Gasteiger partial charge in [0.05, 0.1) is 0 Å². The van der Waals surface area contributed by atoms with Crippen LogP contribution in [0, 0.1) is 0 Å². The molecule has 0 spiro atoms. The van der Waals surface area contributed by atoms with Crippen molar-refractivity contribution < 1.29 is 4.57 Å². The van der Waals surface area contributed by atoms with Crippen LogP contribution in [0.25, 0.3) is 0 Å². The molecule has 0 fully saturated rings. The van der Waals surface area contributed by atoms with Crippen LogP contribution in [0.15, 0.2) is 17.5 Å². The molecule has 0 radical (unpaired) electrons. The van der Waals surface area contributed by atoms with Crippen molar-refractivity contribution >= 4 is 34.2 Å². The molecule has 0 aromatic carbocycles. The van der Waals surface area contributed by atoms with Crippen molar-refractivity contribution in [2.24, 2.45) is 7.05 Å². The number of hydrogen-bond acceptors (Lipinski definition) is 6. The Bertz CT molecular complexity index is 481. The number of anilines is 4. The Balaban J connectivity index is 2.36. The molecule has 0 aliphatic carbocycles. The molecule has 0 saturated heterocycles. The molecule has 0 unspecified atom stereocenters. The number of nitrogens with zero attached hydrogens (tertiary/aromatic N) is 3. The van der Waals surface area contributed by atoms with E-state index >= 15 is 0 Å². The van der Waals surface area contributed by atoms with Gasteiger partial charge in [-0.05, 0) is 17.5 Å². The Labute approximate surface area is 97.2 Å². The van der Waals surface area contributed by atoms with E-state index in [0.29, 0.717) is 11.9 Å². The van der Waals surface area contributed by atoms with Crippen LogP contribution in [0.3, 0.4) is 0 Å². The maximum atomic E-state index is 5.62. The molecule has 16 heavy (non-hydrogen) atoms. The molecule has 84 valence electrons. The molecule has 0 saturated carbocycles. The van der Waals surface area contributed by atoms with E-state index in [1.54, 1.807) is 23.0 Å². The summed E-state index contributed by atoms with van der Waals surface area (Å²) >= 11 is 1.60. The summed E-state index contributed by atoms with van der Waals surface area (Å²) in [6.45, 7) is 0. The molecule has 0 aliphatic heterocycles. The van der Waals surface area contributed by atoms with Crippen molar-refractivity contribution in [2.45, 2.75) is 0 Å². The average molecular weight is 237 g/mol. The Morgan fingerprint density at radius 1 is 1.38 bits per heavy atom. The monoisotopic (exact) mass is 237 g/mol. The highest BCUT2D eigenvalue weighted by molar-refractivity contribution is 7.14. The van der Waals surface area contributed by atoms with Crippen LogP contribution in [0.5, 0.6) is 0 Å². The lowest BCUT2D eigenvalue weighted by molar-refractivity contribution is -0.647. The first-order valence-electron chi connectivity index (χ1n) is 4.72. The van der Waals surface area contributed by atoms with Gasteiger partial charge in [0.15, 0.2) is 0 Å². The van der Waals surface area contributed by atoms with E-state index < -0.39 is 0 Å². The highest BCUT2D eigenvalue weighted by Gasteiger charge is 2.14. The van der Waals surface area contributed by atoms with E-state index in [9.17, 15) is 0 Å². The zero-order valence-corrected chi connectivity index (χ0v) is 9.88. The topological polar surface area (TPSA) is 79.7 Å². The van der Waals surface area contributed by atoms with Crippen molar-refractivity contribution in [3.63, 3.8) is 0 Å². The number of nitrogen functional groups attached to an aromatic ring is 1. The van der Waals surface area contributed by atoms with Gasteiger partial charge in [-0.15, -0.1) is 11.3 Å². The van der Waals surface area contributed by atoms with Gasteiger partial charge in [0.25, 0.3) is 0 Å². The normalized spacial score (nSPS) is 10.1. The van der Waals surface area contributed by atoms with Crippen LogP contribution in [-0.2, 0) is 7.05 Å². The van der Waals surface area contributed by atoms with E-state index in [2.05, 4.69) is 20.6 Å². The average Bonchev–Trinajstić information content (AvgIpc) is 2.75. The molecule has 2 heterocycles. The van der Waals surface area contributed by atoms with Crippen LogP contribution in [-0.4, -0.2) is 17.0 Å². The molecule has 0 amide bonds. The SMILES string of the molecule is CNc1nc(N)nc(Nc2cccs2)[n+]1C. The Morgan fingerprint density at radius 2 is 2.12 bits per heavy atom. The molecule has 0 bridgehead atoms. The quantitative estimate of drug-likeness (QED) is 0.686. The van der Waals surface area contributed by atoms with Crippen molar-refractivity contribution in [3.8, 4) is 0 Å². The van der Waals surface area contributed by atoms with Gasteiger partial charge >= 0.3 is 17.8 Å². The number of aromatic nitrogens is 3. The molecular weight excluding hydrogens is 224 g/mol. The predicted octanol–water partition coefficient (Wildman–Crippen LogP) is 0.730. The van der Waals surface area contributed by atoms with E-state index in [4.69, 9.17) is 5.73 Å². The van der Waals surface area contributed by atoms with Crippen molar-refractivity contribution in [1.82, 2.24) is 9.97 Å². The van der Waals surface area contributed by atoms with Crippen LogP contribution < -0.4 is 20.9 Å². The van der Waals surface area contributed by atoms with Crippen molar-refractivity contribution in [3.05, 3.63) is 17.5 Å². The number of nitrogens with two attached hydrogens (primary N) is 1. The summed E-state index contributed by atoms with van der Waals surface area (Å²) in [5, 5.41) is 9.13. The summed E-state index contributed by atoms with van der Waals surface area (Å²) in [7, 11) is 3.65. The van der Waals surface area contributed by atoms with Gasteiger partial charge in [-0.3, -0.25) is 5.32 Å². The molecule has 2 aromatic rings. The highest BCUT2D eigenvalue weighted by Crippen LogP contribution is 2.18. The third-order valence-electron chi connectivity index (χ3n) is 2.06. The van der Waals surface area contributed by atoms with E-state index in [1.807, 2.05) is 24.6 Å². The first-order valence-corrected chi connectivity index (χ1v) is 5.60. The minimum absolute atomic E-state index is 0.238. The van der Waals surface area contributed by atoms with Crippen molar-refractivity contribution in [2.75, 3.05) is 23.4 Å². The minimum atomic E-state index is 0.238. The lowest BCUT2D eigenvalue weighted by Gasteiger charge is -2.05. The first kappa shape index (κ1) is 10.6. The van der Waals surface area contributed by atoms with Crippen LogP contribution in [0.1, 0.15) is 0 Å². The zero-order valence-electron chi connectivity index (χ0n) is 9.06. The smallest absolute Gasteiger partial charge is 0.330 e. The van der Waals surface area contributed by atoms with Gasteiger partial charge in [0.2, 0.25) is 0 Å². The maximum absolute atomic E-state index is 5.62. The van der Waals surface area contributed by atoms with Gasteiger partial charge in [-0.1, -0.05) is 9.97 Å². The van der Waals surface area contributed by atoms with Gasteiger partial charge < -0.3 is 11.1 Å². The number of rotatable bonds is 3. The standard InChI is InChI=1S/C9H12N6S/c1-11-8-13-7(10)14-9(15(8)2)12-6-4-3-5-16-6/h3-5H,1-2H3,(H3,10,11,12,13,14)/p+1. The van der Waals surface area contributed by atoms with E-state index in [1.165, 1.54) is 0 Å². The van der Waals surface area contributed by atoms with Crippen LogP contribution >= 0.6 is 11.3 Å². The van der Waals surface area contributed by atoms with E-state index in [0.717, 1.165) is 5.00 Å². The summed E-state index contributed by atoms with van der Waals surface area (Å²) in [4.78, 5) is 8.20. The lowest BCUT2D eigenvalue weighted by Crippen LogP contribution is -2.37. The summed E-state index contributed by atoms with van der Waals surface area (Å²) in [5.41, 5.74) is 5.62. The molecule has 0 atom stereocenters. The number of thiophene rings is 1. The molecule has 2 aromatic heterocycles. The molecule has 6 nitrogen and oxygen atoms in total. The predicted molar refractivity (Wildman–Crippen MR) is 64.8 cm³/mol. The molecule has 7 heteroatoms. The van der Waals surface area contributed by atoms with Crippen LogP contribution in [0.2, 0.25) is 0 Å². The fourth-order valence-corrected chi connectivity index (χ4v) is 1.90. The second-order valence-electron chi connectivity index (χ2n) is 3.14. The third kappa shape index (κ3) is 2.03. The van der Waals surface area contributed by atoms with Gasteiger partial charge in [-0.2, -0.15) is 0 Å². The Morgan fingerprint density at radius 3 is 2.75 bits per heavy atom. The van der Waals surface area contributed by atoms with Gasteiger partial charge in [-0.25, -0.2) is 4.57 Å². The summed E-state index contributed by atoms with van der Waals surface area (Å²) in [5.74, 6) is 1.55. The highest BCUT2D eigenvalue weighted by atomic mass is 32.1. The summed E-state index contributed by atoms with van der Waals surface area (Å²) in [6, 6.07) is 3.94. The van der Waals surface area contributed by atoms with Crippen molar-refractivity contribution in [1.29, 1.82) is 0 Å². The second kappa shape index (κ2) is 4.31. The molecule has 0 aliphatic rings. The van der Waals surface area contributed by atoms with E-state index in [-0.39, 0.29) is 5.95 Å². The van der Waals surface area contributed by atoms with Crippen LogP contribution in [0.4, 0.5) is 22.8 Å². The number of nitrogens with one attached hydrogen (secondary N) is 2. The molecule has 2 rings (SSSR count). The first-order chi connectivity index (χ1) is 7.70. The summed E-state index contributed by atoms with van der Waals surface area (Å²) < 4.78 is 1.80. The van der Waals surface area contributed by atoms with Gasteiger partial charge in [0.1, 0.15) is 5.00 Å². The fraction of sp³-hybridized carbons (Fsp3) is 0.222. The summed E-state index contributed by atoms with van der Waals surface area (Å²) in [6.07, 6.45) is 0. The Kier molecular flexibility index (Phi) is 2.86. The maximum Gasteiger partial charge on any atom is 0.330 e. The second-order valence-corrected chi connectivity index (χ2v) is 4.09.